The minimum absolute atomic E-state index is 0.289. The molecule has 4 heterocycles. The molecule has 312 valence electrons. The summed E-state index contributed by atoms with van der Waals surface area (Å²) in [5.41, 5.74) is 9.55. The molecule has 2 aromatic heterocycles. The zero-order chi connectivity index (χ0) is 40.8. The number of hydrogen-bond acceptors (Lipinski definition) is 4. The van der Waals surface area contributed by atoms with E-state index in [2.05, 4.69) is 88.2 Å². The molecule has 0 aromatic carbocycles. The predicted octanol–water partition coefficient (Wildman–Crippen LogP) is 11.0. The number of likely N-dealkylation sites (tertiary alicyclic amines) is 2. The predicted molar refractivity (Wildman–Crippen MR) is 234 cm³/mol. The molecule has 6 aliphatic carbocycles. The molecule has 4 saturated carbocycles. The summed E-state index contributed by atoms with van der Waals surface area (Å²) in [5.74, 6) is 6.67. The Kier molecular flexibility index (Phi) is 10.2. The van der Waals surface area contributed by atoms with Crippen molar-refractivity contribution in [3.05, 3.63) is 71.3 Å². The molecule has 8 aliphatic rings. The lowest BCUT2D eigenvalue weighted by atomic mass is 9.46. The van der Waals surface area contributed by atoms with E-state index in [1.54, 1.807) is 11.1 Å². The largest absolute Gasteiger partial charge is 0.346 e. The van der Waals surface area contributed by atoms with Crippen LogP contribution in [0, 0.1) is 82.9 Å². The highest BCUT2D eigenvalue weighted by Gasteiger charge is 2.60. The Morgan fingerprint density at radius 2 is 1.10 bits per heavy atom. The van der Waals surface area contributed by atoms with Gasteiger partial charge in [-0.25, -0.2) is 0 Å². The molecular weight excluding hydrogens is 713 g/mol. The second-order valence-electron chi connectivity index (χ2n) is 22.0. The molecule has 6 fully saturated rings. The fourth-order valence-electron chi connectivity index (χ4n) is 15.8. The third-order valence-electron chi connectivity index (χ3n) is 19.3. The molecule has 2 saturated heterocycles. The molecule has 0 spiro atoms. The molecule has 58 heavy (non-hydrogen) atoms. The first-order valence-electron chi connectivity index (χ1n) is 23.4. The molecule has 6 nitrogen and oxygen atoms in total. The molecule has 0 bridgehead atoms. The van der Waals surface area contributed by atoms with Crippen LogP contribution in [0.1, 0.15) is 140 Å². The van der Waals surface area contributed by atoms with Crippen molar-refractivity contribution in [2.24, 2.45) is 69.0 Å². The average Bonchev–Trinajstić information content (AvgIpc) is 3.68. The summed E-state index contributed by atoms with van der Waals surface area (Å²) in [6.07, 6.45) is 29.8. The zero-order valence-corrected chi connectivity index (χ0v) is 37.2. The maximum Gasteiger partial charge on any atom is 0.222 e. The molecule has 0 radical (unpaired) electrons. The highest BCUT2D eigenvalue weighted by Crippen LogP contribution is 2.68. The van der Waals surface area contributed by atoms with Gasteiger partial charge in [-0.2, -0.15) is 0 Å². The first kappa shape index (κ1) is 40.1. The van der Waals surface area contributed by atoms with Crippen molar-refractivity contribution < 1.29 is 9.59 Å². The lowest BCUT2D eigenvalue weighted by Gasteiger charge is -2.58. The van der Waals surface area contributed by atoms with Crippen molar-refractivity contribution in [2.75, 3.05) is 27.2 Å². The number of allylic oxidation sites excluding steroid dienone is 4. The maximum absolute atomic E-state index is 12.5. The molecule has 2 aliphatic heterocycles. The van der Waals surface area contributed by atoms with Gasteiger partial charge in [-0.3, -0.25) is 19.6 Å². The lowest BCUT2D eigenvalue weighted by Crippen LogP contribution is -2.52. The Morgan fingerprint density at radius 3 is 1.64 bits per heavy atom. The van der Waals surface area contributed by atoms with Crippen molar-refractivity contribution in [1.82, 2.24) is 19.8 Å². The SMILES string of the molecule is Cc1cncc(C2=CC[C@H]3[C@@H]4CC[C@H]5CC(=O)N(C)CC[C@]5(C)[C@H]4CC[C@]23C)c1.Cc1cncc(C2=CC[C@H]3[C@@H]4CC[C@H]5CN(C)C(=O)CC[C@]5(C)[C@H]4CC[C@]23C)c1. The molecular formula is C52H72N4O2. The molecule has 0 N–H and O–H groups in total. The normalized spacial score (nSPS) is 41.9. The molecule has 0 unspecified atom stereocenters. The third-order valence-corrected chi connectivity index (χ3v) is 19.3. The van der Waals surface area contributed by atoms with Gasteiger partial charge in [0.1, 0.15) is 0 Å². The third kappa shape index (κ3) is 6.38. The molecule has 10 rings (SSSR count). The van der Waals surface area contributed by atoms with Crippen LogP contribution in [0.4, 0.5) is 0 Å². The molecule has 12 atom stereocenters. The van der Waals surface area contributed by atoms with Gasteiger partial charge in [-0.05, 0) is 205 Å². The van der Waals surface area contributed by atoms with Crippen molar-refractivity contribution in [2.45, 2.75) is 131 Å². The smallest absolute Gasteiger partial charge is 0.222 e. The number of carbonyl (C=O) groups excluding carboxylic acids is 2. The van der Waals surface area contributed by atoms with E-state index < -0.39 is 0 Å². The number of hydrogen-bond donors (Lipinski definition) is 0. The summed E-state index contributed by atoms with van der Waals surface area (Å²) >= 11 is 0. The Morgan fingerprint density at radius 1 is 0.586 bits per heavy atom. The van der Waals surface area contributed by atoms with E-state index >= 15 is 0 Å². The van der Waals surface area contributed by atoms with Crippen LogP contribution < -0.4 is 0 Å². The van der Waals surface area contributed by atoms with Gasteiger partial charge in [0.25, 0.3) is 0 Å². The van der Waals surface area contributed by atoms with Crippen LogP contribution in [0.15, 0.2) is 49.1 Å². The van der Waals surface area contributed by atoms with Crippen molar-refractivity contribution in [3.8, 4) is 0 Å². The summed E-state index contributed by atoms with van der Waals surface area (Å²) in [5, 5.41) is 0. The first-order valence-corrected chi connectivity index (χ1v) is 23.4. The van der Waals surface area contributed by atoms with E-state index in [1.165, 1.54) is 92.9 Å². The molecule has 2 aromatic rings. The van der Waals surface area contributed by atoms with Gasteiger partial charge >= 0.3 is 0 Å². The number of fused-ring (bicyclic) bond motifs is 10. The van der Waals surface area contributed by atoms with Crippen LogP contribution in [0.2, 0.25) is 0 Å². The van der Waals surface area contributed by atoms with Gasteiger partial charge < -0.3 is 9.80 Å². The Bertz CT molecular complexity index is 1910. The Balaban J connectivity index is 0.000000150. The van der Waals surface area contributed by atoms with Crippen molar-refractivity contribution in [1.29, 1.82) is 0 Å². The number of nitrogens with zero attached hydrogens (tertiary/aromatic N) is 4. The first-order chi connectivity index (χ1) is 27.7. The van der Waals surface area contributed by atoms with Crippen LogP contribution in [-0.4, -0.2) is 58.8 Å². The molecule has 2 amide bonds. The minimum Gasteiger partial charge on any atom is -0.346 e. The summed E-state index contributed by atoms with van der Waals surface area (Å²) in [6, 6.07) is 4.65. The summed E-state index contributed by atoms with van der Waals surface area (Å²) < 4.78 is 0. The minimum atomic E-state index is 0.289. The van der Waals surface area contributed by atoms with E-state index in [9.17, 15) is 9.59 Å². The van der Waals surface area contributed by atoms with E-state index in [-0.39, 0.29) is 10.8 Å². The van der Waals surface area contributed by atoms with Crippen LogP contribution >= 0.6 is 0 Å². The van der Waals surface area contributed by atoms with Gasteiger partial charge in [-0.15, -0.1) is 0 Å². The van der Waals surface area contributed by atoms with Crippen LogP contribution in [0.5, 0.6) is 0 Å². The Hall–Kier alpha value is -3.28. The van der Waals surface area contributed by atoms with Crippen molar-refractivity contribution in [3.63, 3.8) is 0 Å². The van der Waals surface area contributed by atoms with Crippen LogP contribution in [0.25, 0.3) is 11.1 Å². The van der Waals surface area contributed by atoms with E-state index in [4.69, 9.17) is 0 Å². The number of rotatable bonds is 2. The number of pyridine rings is 2. The van der Waals surface area contributed by atoms with E-state index in [0.717, 1.165) is 67.9 Å². The summed E-state index contributed by atoms with van der Waals surface area (Å²) in [6.45, 7) is 16.4. The van der Waals surface area contributed by atoms with E-state index in [1.807, 2.05) is 36.3 Å². The second-order valence-corrected chi connectivity index (χ2v) is 22.0. The second kappa shape index (κ2) is 14.7. The number of aromatic nitrogens is 2. The Labute approximate surface area is 350 Å². The van der Waals surface area contributed by atoms with Gasteiger partial charge in [0, 0.05) is 64.8 Å². The number of amides is 2. The van der Waals surface area contributed by atoms with E-state index in [0.29, 0.717) is 34.5 Å². The quantitative estimate of drug-likeness (QED) is 0.304. The van der Waals surface area contributed by atoms with Gasteiger partial charge in [0.2, 0.25) is 11.8 Å². The standard InChI is InChI=1S/2C26H36N2O/c1-17-13-18(15-27-14-17)21-7-8-22-20-6-5-19-16-28(4)24(29)10-12-25(19,2)23(20)9-11-26(21,22)3;1-17-13-18(16-27-15-17)21-7-8-22-20-6-5-19-14-24(29)28(4)12-11-25(19,2)23(20)9-10-26(21,22)3/h7,13-15,19-20,22-23H,5-6,8-12,16H2,1-4H3;7,13,15-16,19-20,22-23H,5-6,8-12,14H2,1-4H3/t2*19-,20-,22-,23-,25-,26+/m00/s1. The summed E-state index contributed by atoms with van der Waals surface area (Å²) in [4.78, 5) is 38.0. The fourth-order valence-corrected chi connectivity index (χ4v) is 15.8. The van der Waals surface area contributed by atoms with Crippen LogP contribution in [0.3, 0.4) is 0 Å². The van der Waals surface area contributed by atoms with Crippen molar-refractivity contribution >= 4 is 23.0 Å². The van der Waals surface area contributed by atoms with Gasteiger partial charge in [-0.1, -0.05) is 39.8 Å². The average molecular weight is 785 g/mol. The van der Waals surface area contributed by atoms with Crippen LogP contribution in [-0.2, 0) is 9.59 Å². The monoisotopic (exact) mass is 785 g/mol. The highest BCUT2D eigenvalue weighted by molar-refractivity contribution is 5.77. The maximum atomic E-state index is 12.5. The number of aryl methyl sites for hydroxylation is 2. The van der Waals surface area contributed by atoms with Gasteiger partial charge in [0.15, 0.2) is 0 Å². The molecule has 6 heteroatoms. The fraction of sp³-hybridized carbons (Fsp3) is 0.692. The number of carbonyl (C=O) groups is 2. The summed E-state index contributed by atoms with van der Waals surface area (Å²) in [7, 11) is 4.02. The topological polar surface area (TPSA) is 66.4 Å². The van der Waals surface area contributed by atoms with Gasteiger partial charge in [0.05, 0.1) is 0 Å². The highest BCUT2D eigenvalue weighted by atomic mass is 16.2. The zero-order valence-electron chi connectivity index (χ0n) is 37.2. The lowest BCUT2D eigenvalue weighted by molar-refractivity contribution is -0.131.